The van der Waals surface area contributed by atoms with Gasteiger partial charge in [0.15, 0.2) is 0 Å². The van der Waals surface area contributed by atoms with Gasteiger partial charge >= 0.3 is 0 Å². The Bertz CT molecular complexity index is 1340. The summed E-state index contributed by atoms with van der Waals surface area (Å²) in [6, 6.07) is 15.3. The number of carbonyl (C=O) groups excluding carboxylic acids is 2. The monoisotopic (exact) mass is 504 g/mol. The molecule has 2 aromatic carbocycles. The first-order chi connectivity index (χ1) is 17.5. The maximum atomic E-state index is 13.7. The second-order valence-corrected chi connectivity index (χ2v) is 9.13. The average molecular weight is 505 g/mol. The summed E-state index contributed by atoms with van der Waals surface area (Å²) in [4.78, 5) is 38.9. The summed E-state index contributed by atoms with van der Waals surface area (Å²) in [7, 11) is 0. The Hall–Kier alpha value is -3.59. The first-order valence-corrected chi connectivity index (χ1v) is 12.1. The Morgan fingerprint density at radius 1 is 1.17 bits per heavy atom. The van der Waals surface area contributed by atoms with Crippen molar-refractivity contribution in [1.29, 1.82) is 0 Å². The standard InChI is InChI=1S/C27H25ClN4O4/c28-22-9-7-17(32-27(35)16-4-2-1-3-5-16)12-21(22)26(34)25-24(20-10-11-29-23(20)13-30-25)31-18-6-8-19(14-33)36-15-18/h1-5,7,9-12,18-19,29,33H,6,8,13-15H2,(H,32,35)/t18-,19+/m1/s1. The van der Waals surface area contributed by atoms with Crippen LogP contribution in [0.1, 0.15) is 44.8 Å². The number of aliphatic imine (C=N–C) groups is 2. The summed E-state index contributed by atoms with van der Waals surface area (Å²) in [6.45, 7) is 0.655. The predicted octanol–water partition coefficient (Wildman–Crippen LogP) is 4.09. The summed E-state index contributed by atoms with van der Waals surface area (Å²) in [5.41, 5.74) is 3.60. The first-order valence-electron chi connectivity index (χ1n) is 11.8. The molecule has 1 saturated heterocycles. The normalized spacial score (nSPS) is 20.5. The number of hydrogen-bond acceptors (Lipinski definition) is 6. The molecule has 0 saturated carbocycles. The van der Waals surface area contributed by atoms with Gasteiger partial charge in [-0.05, 0) is 49.2 Å². The highest BCUT2D eigenvalue weighted by molar-refractivity contribution is 6.74. The SMILES string of the molecule is O=C(Nc1ccc(Cl)c(C(=O)C2=NCc3[nH]ccc3C2=N[C@@H]2CC[C@@H](CO)OC2)c1)c1ccccc1. The Labute approximate surface area is 213 Å². The van der Waals surface area contributed by atoms with E-state index in [-0.39, 0.29) is 46.7 Å². The van der Waals surface area contributed by atoms with E-state index in [4.69, 9.17) is 21.3 Å². The number of Topliss-reactive ketones (excluding diaryl/α,β-unsaturated/α-hetero) is 1. The van der Waals surface area contributed by atoms with E-state index in [1.807, 2.05) is 12.1 Å². The van der Waals surface area contributed by atoms with Gasteiger partial charge in [-0.15, -0.1) is 0 Å². The molecule has 0 bridgehead atoms. The van der Waals surface area contributed by atoms with Gasteiger partial charge in [0.1, 0.15) is 5.71 Å². The molecule has 0 radical (unpaired) electrons. The van der Waals surface area contributed by atoms with Gasteiger partial charge in [-0.3, -0.25) is 19.6 Å². The molecule has 1 fully saturated rings. The zero-order valence-electron chi connectivity index (χ0n) is 19.4. The summed E-state index contributed by atoms with van der Waals surface area (Å²) >= 11 is 6.44. The highest BCUT2D eigenvalue weighted by Crippen LogP contribution is 2.26. The van der Waals surface area contributed by atoms with Crippen molar-refractivity contribution in [3.05, 3.63) is 88.2 Å². The van der Waals surface area contributed by atoms with Gasteiger partial charge in [0.05, 0.1) is 42.6 Å². The smallest absolute Gasteiger partial charge is 0.255 e. The van der Waals surface area contributed by atoms with Crippen LogP contribution in [-0.2, 0) is 11.3 Å². The van der Waals surface area contributed by atoms with Crippen molar-refractivity contribution in [3.63, 3.8) is 0 Å². The third kappa shape index (κ3) is 5.02. The molecule has 3 aromatic rings. The Kier molecular flexibility index (Phi) is 7.09. The number of anilines is 1. The second kappa shape index (κ2) is 10.6. The molecule has 0 unspecified atom stereocenters. The topological polar surface area (TPSA) is 116 Å². The van der Waals surface area contributed by atoms with E-state index in [2.05, 4.69) is 15.3 Å². The largest absolute Gasteiger partial charge is 0.394 e. The van der Waals surface area contributed by atoms with Crippen LogP contribution in [0.5, 0.6) is 0 Å². The molecule has 0 aliphatic carbocycles. The van der Waals surface area contributed by atoms with Crippen molar-refractivity contribution < 1.29 is 19.4 Å². The molecule has 2 atom stereocenters. The highest BCUT2D eigenvalue weighted by Gasteiger charge is 2.30. The van der Waals surface area contributed by atoms with Crippen LogP contribution >= 0.6 is 11.6 Å². The number of amides is 1. The first kappa shape index (κ1) is 24.1. The molecular formula is C27H25ClN4O4. The number of halogens is 1. The molecule has 8 nitrogen and oxygen atoms in total. The van der Waals surface area contributed by atoms with E-state index in [1.165, 1.54) is 0 Å². The molecule has 0 spiro atoms. The molecule has 3 N–H and O–H groups in total. The van der Waals surface area contributed by atoms with Gasteiger partial charge in [-0.2, -0.15) is 0 Å². The van der Waals surface area contributed by atoms with Crippen molar-refractivity contribution in [3.8, 4) is 0 Å². The number of aliphatic hydroxyl groups is 1. The van der Waals surface area contributed by atoms with Gasteiger partial charge in [-0.1, -0.05) is 29.8 Å². The molecule has 184 valence electrons. The third-order valence-electron chi connectivity index (χ3n) is 6.29. The number of benzene rings is 2. The maximum absolute atomic E-state index is 13.7. The van der Waals surface area contributed by atoms with Gasteiger partial charge in [0.25, 0.3) is 5.91 Å². The van der Waals surface area contributed by atoms with E-state index < -0.39 is 0 Å². The fraction of sp³-hybridized carbons (Fsp3) is 0.259. The lowest BCUT2D eigenvalue weighted by atomic mass is 9.95. The Morgan fingerprint density at radius 3 is 2.75 bits per heavy atom. The Morgan fingerprint density at radius 2 is 2.00 bits per heavy atom. The molecule has 1 aromatic heterocycles. The number of carbonyl (C=O) groups is 2. The number of rotatable bonds is 6. The number of nitrogens with zero attached hydrogens (tertiary/aromatic N) is 2. The quantitative estimate of drug-likeness (QED) is 0.438. The van der Waals surface area contributed by atoms with Crippen molar-refractivity contribution in [2.24, 2.45) is 9.98 Å². The van der Waals surface area contributed by atoms with Crippen molar-refractivity contribution >= 4 is 40.4 Å². The lowest BCUT2D eigenvalue weighted by Gasteiger charge is -2.27. The van der Waals surface area contributed by atoms with Crippen LogP contribution in [-0.4, -0.2) is 58.6 Å². The number of aromatic amines is 1. The number of H-pyrrole nitrogens is 1. The Balaban J connectivity index is 1.43. The minimum Gasteiger partial charge on any atom is -0.394 e. The van der Waals surface area contributed by atoms with Crippen LogP contribution in [0.25, 0.3) is 0 Å². The molecule has 9 heteroatoms. The second-order valence-electron chi connectivity index (χ2n) is 8.73. The van der Waals surface area contributed by atoms with Crippen molar-refractivity contribution in [2.45, 2.75) is 31.5 Å². The number of ketones is 1. The number of hydrogen-bond donors (Lipinski definition) is 3. The van der Waals surface area contributed by atoms with Crippen LogP contribution in [0.15, 0.2) is 70.8 Å². The zero-order valence-corrected chi connectivity index (χ0v) is 20.2. The zero-order chi connectivity index (χ0) is 25.1. The lowest BCUT2D eigenvalue weighted by Crippen LogP contribution is -2.34. The van der Waals surface area contributed by atoms with Crippen molar-refractivity contribution in [2.75, 3.05) is 18.5 Å². The predicted molar refractivity (Wildman–Crippen MR) is 138 cm³/mol. The van der Waals surface area contributed by atoms with Crippen LogP contribution in [0.4, 0.5) is 5.69 Å². The molecule has 5 rings (SSSR count). The fourth-order valence-corrected chi connectivity index (χ4v) is 4.55. The summed E-state index contributed by atoms with van der Waals surface area (Å²) in [6.07, 6.45) is 3.04. The number of fused-ring (bicyclic) bond motifs is 1. The van der Waals surface area contributed by atoms with E-state index >= 15 is 0 Å². The van der Waals surface area contributed by atoms with Crippen LogP contribution < -0.4 is 5.32 Å². The molecule has 3 heterocycles. The van der Waals surface area contributed by atoms with Gasteiger partial charge in [-0.25, -0.2) is 0 Å². The molecular weight excluding hydrogens is 480 g/mol. The van der Waals surface area contributed by atoms with Crippen LogP contribution in [0, 0.1) is 0 Å². The lowest BCUT2D eigenvalue weighted by molar-refractivity contribution is -0.0250. The fourth-order valence-electron chi connectivity index (χ4n) is 4.35. The summed E-state index contributed by atoms with van der Waals surface area (Å²) < 4.78 is 5.69. The van der Waals surface area contributed by atoms with E-state index in [1.54, 1.807) is 48.7 Å². The molecule has 36 heavy (non-hydrogen) atoms. The van der Waals surface area contributed by atoms with Gasteiger partial charge in [0.2, 0.25) is 5.78 Å². The van der Waals surface area contributed by atoms with Gasteiger partial charge < -0.3 is 20.1 Å². The highest BCUT2D eigenvalue weighted by atomic mass is 35.5. The number of aromatic nitrogens is 1. The van der Waals surface area contributed by atoms with Crippen molar-refractivity contribution in [1.82, 2.24) is 4.98 Å². The average Bonchev–Trinajstić information content (AvgIpc) is 3.40. The van der Waals surface area contributed by atoms with Gasteiger partial charge in [0, 0.05) is 34.3 Å². The van der Waals surface area contributed by atoms with E-state index in [0.29, 0.717) is 36.5 Å². The minimum atomic E-state index is -0.369. The van der Waals surface area contributed by atoms with E-state index in [0.717, 1.165) is 17.7 Å². The minimum absolute atomic E-state index is 0.0217. The van der Waals surface area contributed by atoms with Crippen LogP contribution in [0.3, 0.4) is 0 Å². The van der Waals surface area contributed by atoms with Crippen LogP contribution in [0.2, 0.25) is 5.02 Å². The summed E-state index contributed by atoms with van der Waals surface area (Å²) in [5, 5.41) is 12.4. The number of nitrogens with one attached hydrogen (secondary N) is 2. The molecule has 2 aliphatic rings. The number of aliphatic hydroxyl groups excluding tert-OH is 1. The third-order valence-corrected chi connectivity index (χ3v) is 6.62. The maximum Gasteiger partial charge on any atom is 0.255 e. The summed E-state index contributed by atoms with van der Waals surface area (Å²) in [5.74, 6) is -0.657. The number of ether oxygens (including phenoxy) is 1. The molecule has 2 aliphatic heterocycles. The van der Waals surface area contributed by atoms with E-state index in [9.17, 15) is 14.7 Å². The molecule has 1 amide bonds.